The third-order valence-corrected chi connectivity index (χ3v) is 2.55. The van der Waals surface area contributed by atoms with Crippen LogP contribution in [0.5, 0.6) is 0 Å². The van der Waals surface area contributed by atoms with E-state index in [4.69, 9.17) is 0 Å². The summed E-state index contributed by atoms with van der Waals surface area (Å²) in [5.41, 5.74) is 0.269. The second-order valence-electron chi connectivity index (χ2n) is 3.61. The summed E-state index contributed by atoms with van der Waals surface area (Å²) in [6.45, 7) is 3.38. The average molecular weight is 256 g/mol. The smallest absolute Gasteiger partial charge is 0.162 e. The molecular formula is C9H10BrN3O. The second kappa shape index (κ2) is 3.03. The molecule has 0 atom stereocenters. The van der Waals surface area contributed by atoms with Gasteiger partial charge in [-0.2, -0.15) is 0 Å². The maximum atomic E-state index is 9.87. The number of halogens is 1. The van der Waals surface area contributed by atoms with Crippen molar-refractivity contribution >= 4 is 21.6 Å². The van der Waals surface area contributed by atoms with Gasteiger partial charge in [0.25, 0.3) is 0 Å². The molecule has 0 aliphatic carbocycles. The van der Waals surface area contributed by atoms with E-state index in [0.717, 1.165) is 4.60 Å². The first kappa shape index (κ1) is 9.61. The molecule has 0 aliphatic rings. The summed E-state index contributed by atoms with van der Waals surface area (Å²) in [4.78, 5) is 8.32. The summed E-state index contributed by atoms with van der Waals surface area (Å²) >= 11 is 3.36. The Morgan fingerprint density at radius 1 is 1.43 bits per heavy atom. The third-order valence-electron chi connectivity index (χ3n) is 1.96. The normalized spacial score (nSPS) is 12.3. The van der Waals surface area contributed by atoms with Gasteiger partial charge >= 0.3 is 0 Å². The molecule has 0 fully saturated rings. The van der Waals surface area contributed by atoms with Crippen molar-refractivity contribution in [2.24, 2.45) is 0 Å². The fraction of sp³-hybridized carbons (Fsp3) is 0.333. The van der Waals surface area contributed by atoms with Gasteiger partial charge < -0.3 is 5.11 Å². The van der Waals surface area contributed by atoms with Crippen molar-refractivity contribution in [3.63, 3.8) is 0 Å². The molecule has 0 aliphatic heterocycles. The van der Waals surface area contributed by atoms with Gasteiger partial charge in [-0.15, -0.1) is 0 Å². The van der Waals surface area contributed by atoms with Gasteiger partial charge in [0, 0.05) is 12.4 Å². The van der Waals surface area contributed by atoms with Crippen LogP contribution in [0.1, 0.15) is 19.5 Å². The van der Waals surface area contributed by atoms with Crippen LogP contribution in [0.3, 0.4) is 0 Å². The van der Waals surface area contributed by atoms with Gasteiger partial charge in [0.2, 0.25) is 0 Å². The number of imidazole rings is 1. The summed E-state index contributed by atoms with van der Waals surface area (Å²) in [7, 11) is 0. The minimum atomic E-state index is -0.979. The van der Waals surface area contributed by atoms with Crippen molar-refractivity contribution < 1.29 is 5.11 Å². The largest absolute Gasteiger partial charge is 0.384 e. The fourth-order valence-corrected chi connectivity index (χ4v) is 1.71. The number of aromatic nitrogens is 3. The zero-order valence-corrected chi connectivity index (χ0v) is 9.48. The van der Waals surface area contributed by atoms with E-state index >= 15 is 0 Å². The molecule has 2 heterocycles. The van der Waals surface area contributed by atoms with Crippen LogP contribution in [0.15, 0.2) is 23.2 Å². The number of nitrogens with zero attached hydrogens (tertiary/aromatic N) is 3. The van der Waals surface area contributed by atoms with Crippen LogP contribution >= 0.6 is 15.9 Å². The molecule has 1 N–H and O–H groups in total. The number of fused-ring (bicyclic) bond motifs is 1. The van der Waals surface area contributed by atoms with Gasteiger partial charge in [0.1, 0.15) is 15.9 Å². The molecule has 0 saturated heterocycles. The lowest BCUT2D eigenvalue weighted by molar-refractivity contribution is 0.0749. The molecule has 2 aromatic heterocycles. The van der Waals surface area contributed by atoms with Gasteiger partial charge in [-0.3, -0.25) is 9.38 Å². The summed E-state index contributed by atoms with van der Waals surface area (Å²) in [6.07, 6.45) is 5.13. The van der Waals surface area contributed by atoms with Gasteiger partial charge in [-0.25, -0.2) is 4.98 Å². The van der Waals surface area contributed by atoms with Crippen LogP contribution in [0.2, 0.25) is 0 Å². The Labute approximate surface area is 89.7 Å². The molecule has 0 unspecified atom stereocenters. The highest BCUT2D eigenvalue weighted by atomic mass is 79.9. The minimum absolute atomic E-state index is 0.575. The monoisotopic (exact) mass is 255 g/mol. The summed E-state index contributed by atoms with van der Waals surface area (Å²) in [6, 6.07) is 0. The fourth-order valence-electron chi connectivity index (χ4n) is 1.32. The molecule has 2 aromatic rings. The van der Waals surface area contributed by atoms with Crippen LogP contribution in [-0.2, 0) is 5.60 Å². The molecule has 4 nitrogen and oxygen atoms in total. The van der Waals surface area contributed by atoms with E-state index < -0.39 is 5.60 Å². The zero-order chi connectivity index (χ0) is 10.3. The van der Waals surface area contributed by atoms with Gasteiger partial charge in [-0.05, 0) is 29.8 Å². The molecule has 0 aromatic carbocycles. The molecule has 0 spiro atoms. The maximum Gasteiger partial charge on any atom is 0.162 e. The van der Waals surface area contributed by atoms with E-state index in [1.54, 1.807) is 32.4 Å². The van der Waals surface area contributed by atoms with Crippen LogP contribution in [-0.4, -0.2) is 19.5 Å². The number of hydrogen-bond donors (Lipinski definition) is 1. The second-order valence-corrected chi connectivity index (χ2v) is 4.42. The van der Waals surface area contributed by atoms with E-state index in [-0.39, 0.29) is 0 Å². The van der Waals surface area contributed by atoms with E-state index in [1.165, 1.54) is 0 Å². The summed E-state index contributed by atoms with van der Waals surface area (Å²) in [5, 5.41) is 9.87. The van der Waals surface area contributed by atoms with E-state index in [9.17, 15) is 5.11 Å². The van der Waals surface area contributed by atoms with Crippen LogP contribution in [0.25, 0.3) is 5.65 Å². The summed E-state index contributed by atoms with van der Waals surface area (Å²) < 4.78 is 2.68. The van der Waals surface area contributed by atoms with Crippen LogP contribution in [0, 0.1) is 0 Å². The Kier molecular flexibility index (Phi) is 2.08. The Morgan fingerprint density at radius 2 is 2.14 bits per heavy atom. The molecule has 0 radical (unpaired) electrons. The zero-order valence-electron chi connectivity index (χ0n) is 7.90. The first-order chi connectivity index (χ1) is 6.50. The number of rotatable bonds is 1. The predicted molar refractivity (Wildman–Crippen MR) is 55.9 cm³/mol. The first-order valence-electron chi connectivity index (χ1n) is 4.20. The molecule has 5 heteroatoms. The third kappa shape index (κ3) is 1.42. The van der Waals surface area contributed by atoms with Gasteiger partial charge in [0.05, 0.1) is 6.20 Å². The van der Waals surface area contributed by atoms with E-state index in [0.29, 0.717) is 11.3 Å². The van der Waals surface area contributed by atoms with Crippen molar-refractivity contribution in [1.29, 1.82) is 0 Å². The van der Waals surface area contributed by atoms with Gasteiger partial charge in [0.15, 0.2) is 5.65 Å². The highest BCUT2D eigenvalue weighted by Crippen LogP contribution is 2.23. The lowest BCUT2D eigenvalue weighted by atomic mass is 10.1. The molecule has 0 amide bonds. The molecular weight excluding hydrogens is 246 g/mol. The predicted octanol–water partition coefficient (Wildman–Crippen LogP) is 1.72. The average Bonchev–Trinajstić information content (AvgIpc) is 2.46. The van der Waals surface area contributed by atoms with Crippen molar-refractivity contribution in [2.75, 3.05) is 0 Å². The number of aliphatic hydroxyl groups is 1. The molecule has 2 rings (SSSR count). The molecule has 74 valence electrons. The van der Waals surface area contributed by atoms with Crippen molar-refractivity contribution in [2.45, 2.75) is 19.4 Å². The number of hydrogen-bond acceptors (Lipinski definition) is 3. The quantitative estimate of drug-likeness (QED) is 0.845. The minimum Gasteiger partial charge on any atom is -0.384 e. The highest BCUT2D eigenvalue weighted by molar-refractivity contribution is 9.10. The maximum absolute atomic E-state index is 9.87. The first-order valence-corrected chi connectivity index (χ1v) is 5.00. The highest BCUT2D eigenvalue weighted by Gasteiger charge is 2.22. The molecule has 0 bridgehead atoms. The Balaban J connectivity index is 2.79. The van der Waals surface area contributed by atoms with Gasteiger partial charge in [-0.1, -0.05) is 0 Å². The molecule has 14 heavy (non-hydrogen) atoms. The van der Waals surface area contributed by atoms with Crippen molar-refractivity contribution in [3.8, 4) is 0 Å². The Morgan fingerprint density at radius 3 is 2.79 bits per heavy atom. The van der Waals surface area contributed by atoms with Crippen molar-refractivity contribution in [1.82, 2.24) is 14.4 Å². The van der Waals surface area contributed by atoms with Crippen LogP contribution < -0.4 is 0 Å². The lowest BCUT2D eigenvalue weighted by Crippen LogP contribution is -2.19. The van der Waals surface area contributed by atoms with E-state index in [1.807, 2.05) is 4.40 Å². The standard InChI is InChI=1S/C9H10BrN3O/c1-9(2,14)7-8-12-5-6(10)13(8)4-3-11-7/h3-5,14H,1-2H3. The molecule has 0 saturated carbocycles. The van der Waals surface area contributed by atoms with E-state index in [2.05, 4.69) is 25.9 Å². The Bertz CT molecular complexity index is 472. The topological polar surface area (TPSA) is 50.4 Å². The van der Waals surface area contributed by atoms with Crippen LogP contribution in [0.4, 0.5) is 0 Å². The van der Waals surface area contributed by atoms with Crippen molar-refractivity contribution in [3.05, 3.63) is 28.9 Å². The Hall–Kier alpha value is -0.940. The lowest BCUT2D eigenvalue weighted by Gasteiger charge is -2.16. The SMILES string of the molecule is CC(C)(O)c1nccn2c(Br)cnc12. The summed E-state index contributed by atoms with van der Waals surface area (Å²) in [5.74, 6) is 0.